The van der Waals surface area contributed by atoms with Gasteiger partial charge in [-0.15, -0.1) is 0 Å². The third-order valence-electron chi connectivity index (χ3n) is 7.21. The van der Waals surface area contributed by atoms with Crippen molar-refractivity contribution in [1.29, 1.82) is 0 Å². The second-order valence-electron chi connectivity index (χ2n) is 11.3. The average Bonchev–Trinajstić information content (AvgIpc) is 3.33. The first kappa shape index (κ1) is 29.6. The van der Waals surface area contributed by atoms with Crippen LogP contribution in [0.2, 0.25) is 5.02 Å². The average molecular weight is 595 g/mol. The molecule has 0 radical (unpaired) electrons. The van der Waals surface area contributed by atoms with Gasteiger partial charge in [-0.2, -0.15) is 5.10 Å². The Kier molecular flexibility index (Phi) is 8.30. The smallest absolute Gasteiger partial charge is 0.410 e. The summed E-state index contributed by atoms with van der Waals surface area (Å²) >= 11 is 6.27. The van der Waals surface area contributed by atoms with Gasteiger partial charge in [0.2, 0.25) is 0 Å². The van der Waals surface area contributed by atoms with Crippen molar-refractivity contribution in [3.05, 3.63) is 75.1 Å². The number of hydrogen-bond donors (Lipinski definition) is 0. The number of ether oxygens (including phenoxy) is 3. The second-order valence-corrected chi connectivity index (χ2v) is 11.8. The van der Waals surface area contributed by atoms with E-state index in [0.717, 1.165) is 16.7 Å². The maximum Gasteiger partial charge on any atom is 0.410 e. The minimum absolute atomic E-state index is 0.123. The minimum atomic E-state index is -0.604. The van der Waals surface area contributed by atoms with Crippen molar-refractivity contribution in [2.24, 2.45) is 0 Å². The van der Waals surface area contributed by atoms with Gasteiger partial charge in [-0.1, -0.05) is 17.7 Å². The number of anilines is 1. The molecule has 222 valence electrons. The van der Waals surface area contributed by atoms with Gasteiger partial charge in [-0.05, 0) is 87.6 Å². The largest absolute Gasteiger partial charge is 0.461 e. The highest BCUT2D eigenvalue weighted by Crippen LogP contribution is 2.34. The number of fused-ring (bicyclic) bond motifs is 2. The molecule has 3 heterocycles. The number of nitrogens with zero attached hydrogens (tertiary/aromatic N) is 4. The van der Waals surface area contributed by atoms with Gasteiger partial charge in [0.25, 0.3) is 5.91 Å². The fraction of sp³-hybridized carbons (Fsp3) is 0.419. The van der Waals surface area contributed by atoms with Crippen LogP contribution >= 0.6 is 11.6 Å². The van der Waals surface area contributed by atoms with Crippen LogP contribution in [0.3, 0.4) is 0 Å². The number of amides is 2. The molecular weight excluding hydrogens is 560 g/mol. The van der Waals surface area contributed by atoms with Crippen molar-refractivity contribution in [1.82, 2.24) is 14.7 Å². The van der Waals surface area contributed by atoms with Gasteiger partial charge in [-0.25, -0.2) is 14.3 Å². The molecule has 0 aliphatic carbocycles. The molecule has 0 spiro atoms. The van der Waals surface area contributed by atoms with E-state index in [2.05, 4.69) is 5.10 Å². The second kappa shape index (κ2) is 11.8. The lowest BCUT2D eigenvalue weighted by molar-refractivity contribution is 0.0222. The highest BCUT2D eigenvalue weighted by molar-refractivity contribution is 6.30. The lowest BCUT2D eigenvalue weighted by Gasteiger charge is -2.34. The molecule has 0 N–H and O–H groups in total. The molecule has 42 heavy (non-hydrogen) atoms. The predicted octanol–water partition coefficient (Wildman–Crippen LogP) is 5.34. The van der Waals surface area contributed by atoms with Crippen LogP contribution in [0, 0.1) is 0 Å². The number of rotatable bonds is 6. The van der Waals surface area contributed by atoms with Gasteiger partial charge in [0.15, 0.2) is 5.69 Å². The normalized spacial score (nSPS) is 14.9. The standard InChI is InChI=1S/C31H35ClN4O6/c1-6-41-29(38)26-25-11-13-35(28(37)27(25)36(33-26)22-9-7-8-21(32)16-22)23-14-19-17-34(30(39)42-31(2,3)4)12-10-24(19)20(15-23)18-40-5/h7-9,14-16H,6,10-13,17-18H2,1-5H3. The zero-order valence-corrected chi connectivity index (χ0v) is 25.3. The molecule has 5 rings (SSSR count). The molecule has 0 fully saturated rings. The summed E-state index contributed by atoms with van der Waals surface area (Å²) in [7, 11) is 1.63. The van der Waals surface area contributed by atoms with E-state index in [4.69, 9.17) is 25.8 Å². The van der Waals surface area contributed by atoms with E-state index in [1.54, 1.807) is 48.1 Å². The first-order valence-corrected chi connectivity index (χ1v) is 14.4. The molecule has 2 aromatic carbocycles. The molecular formula is C31H35ClN4O6. The molecule has 0 saturated carbocycles. The quantitative estimate of drug-likeness (QED) is 0.355. The molecule has 2 aliphatic rings. The number of methoxy groups -OCH3 is 1. The summed E-state index contributed by atoms with van der Waals surface area (Å²) in [5.74, 6) is -0.878. The lowest BCUT2D eigenvalue weighted by Crippen LogP contribution is -2.41. The Balaban J connectivity index is 1.55. The summed E-state index contributed by atoms with van der Waals surface area (Å²) in [6, 6.07) is 10.9. The van der Waals surface area contributed by atoms with Crippen LogP contribution in [0.1, 0.15) is 70.9 Å². The van der Waals surface area contributed by atoms with Crippen LogP contribution in [-0.4, -0.2) is 65.1 Å². The van der Waals surface area contributed by atoms with Gasteiger partial charge in [0.05, 0.1) is 18.9 Å². The first-order chi connectivity index (χ1) is 20.0. The summed E-state index contributed by atoms with van der Waals surface area (Å²) in [5, 5.41) is 5.01. The molecule has 0 bridgehead atoms. The van der Waals surface area contributed by atoms with Gasteiger partial charge in [0.1, 0.15) is 11.3 Å². The number of esters is 1. The Morgan fingerprint density at radius 2 is 1.81 bits per heavy atom. The van der Waals surface area contributed by atoms with Gasteiger partial charge < -0.3 is 24.0 Å². The number of halogens is 1. The number of carbonyl (C=O) groups excluding carboxylic acids is 3. The SMILES string of the molecule is CCOC(=O)c1nn(-c2cccc(Cl)c2)c2c1CCN(c1cc(COC)c3c(c1)CN(C(=O)OC(C)(C)C)CC3)C2=O. The van der Waals surface area contributed by atoms with Gasteiger partial charge >= 0.3 is 12.1 Å². The monoisotopic (exact) mass is 594 g/mol. The number of hydrogen-bond acceptors (Lipinski definition) is 7. The van der Waals surface area contributed by atoms with Crippen molar-refractivity contribution >= 4 is 35.3 Å². The summed E-state index contributed by atoms with van der Waals surface area (Å²) in [6.45, 7) is 9.02. The van der Waals surface area contributed by atoms with Crippen molar-refractivity contribution in [3.8, 4) is 5.69 Å². The number of carbonyl (C=O) groups is 3. The van der Waals surface area contributed by atoms with E-state index in [1.807, 2.05) is 32.9 Å². The minimum Gasteiger partial charge on any atom is -0.461 e. The van der Waals surface area contributed by atoms with E-state index in [-0.39, 0.29) is 30.0 Å². The van der Waals surface area contributed by atoms with Crippen LogP contribution in [0.5, 0.6) is 0 Å². The van der Waals surface area contributed by atoms with E-state index in [9.17, 15) is 14.4 Å². The number of benzene rings is 2. The summed E-state index contributed by atoms with van der Waals surface area (Å²) in [4.78, 5) is 43.3. The maximum atomic E-state index is 14.2. The Bertz CT molecular complexity index is 1540. The first-order valence-electron chi connectivity index (χ1n) is 14.0. The Morgan fingerprint density at radius 1 is 1.05 bits per heavy atom. The molecule has 2 amide bonds. The topological polar surface area (TPSA) is 103 Å². The molecule has 10 nitrogen and oxygen atoms in total. The zero-order valence-electron chi connectivity index (χ0n) is 24.5. The van der Waals surface area contributed by atoms with E-state index in [0.29, 0.717) is 61.0 Å². The van der Waals surface area contributed by atoms with E-state index >= 15 is 0 Å². The van der Waals surface area contributed by atoms with Crippen LogP contribution in [0.4, 0.5) is 10.5 Å². The zero-order chi connectivity index (χ0) is 30.2. The third-order valence-corrected chi connectivity index (χ3v) is 7.45. The predicted molar refractivity (Wildman–Crippen MR) is 157 cm³/mol. The van der Waals surface area contributed by atoms with Crippen LogP contribution in [-0.2, 0) is 40.2 Å². The molecule has 3 aromatic rings. The van der Waals surface area contributed by atoms with E-state index < -0.39 is 11.6 Å². The summed E-state index contributed by atoms with van der Waals surface area (Å²) in [5.41, 5.74) is 4.59. The third kappa shape index (κ3) is 5.87. The lowest BCUT2D eigenvalue weighted by atomic mass is 9.93. The molecule has 0 atom stereocenters. The van der Waals surface area contributed by atoms with Gasteiger partial charge in [-0.3, -0.25) is 4.79 Å². The summed E-state index contributed by atoms with van der Waals surface area (Å²) < 4.78 is 17.9. The van der Waals surface area contributed by atoms with Crippen LogP contribution in [0.15, 0.2) is 36.4 Å². The van der Waals surface area contributed by atoms with E-state index in [1.165, 1.54) is 4.68 Å². The fourth-order valence-electron chi connectivity index (χ4n) is 5.46. The highest BCUT2D eigenvalue weighted by atomic mass is 35.5. The molecule has 1 aromatic heterocycles. The highest BCUT2D eigenvalue weighted by Gasteiger charge is 2.36. The van der Waals surface area contributed by atoms with Gasteiger partial charge in [0, 0.05) is 43.0 Å². The summed E-state index contributed by atoms with van der Waals surface area (Å²) in [6.07, 6.45) is 0.675. The number of aromatic nitrogens is 2. The van der Waals surface area contributed by atoms with Crippen molar-refractivity contribution in [2.45, 2.75) is 59.3 Å². The molecule has 11 heteroatoms. The Labute approximate surface area is 250 Å². The Morgan fingerprint density at radius 3 is 2.50 bits per heavy atom. The van der Waals surface area contributed by atoms with Crippen LogP contribution < -0.4 is 4.90 Å². The van der Waals surface area contributed by atoms with Crippen molar-refractivity contribution < 1.29 is 28.6 Å². The van der Waals surface area contributed by atoms with Crippen molar-refractivity contribution in [2.75, 3.05) is 31.7 Å². The maximum absolute atomic E-state index is 14.2. The molecule has 2 aliphatic heterocycles. The van der Waals surface area contributed by atoms with Crippen LogP contribution in [0.25, 0.3) is 5.69 Å². The molecule has 0 unspecified atom stereocenters. The Hall–Kier alpha value is -3.89. The fourth-order valence-corrected chi connectivity index (χ4v) is 5.64. The van der Waals surface area contributed by atoms with Crippen molar-refractivity contribution in [3.63, 3.8) is 0 Å². The molecule has 0 saturated heterocycles.